The number of unbranched alkanes of at least 4 members (excludes halogenated alkanes) is 36. The first-order valence-corrected chi connectivity index (χ1v) is 32.7. The first-order valence-electron chi connectivity index (χ1n) is 32.7. The lowest BCUT2D eigenvalue weighted by Gasteiger charge is -2.46. The Bertz CT molecular complexity index is 1460. The third kappa shape index (κ3) is 35.8. The molecule has 0 bridgehead atoms. The second-order valence-corrected chi connectivity index (χ2v) is 23.2. The van der Waals surface area contributed by atoms with Crippen molar-refractivity contribution in [2.45, 2.75) is 351 Å². The zero-order valence-corrected chi connectivity index (χ0v) is 50.1. The third-order valence-corrected chi connectivity index (χ3v) is 16.0. The molecule has 0 aliphatic carbocycles. The minimum Gasteiger partial charge on any atom is -0.394 e. The Hall–Kier alpha value is -1.79. The van der Waals surface area contributed by atoms with Gasteiger partial charge in [0, 0.05) is 6.42 Å². The van der Waals surface area contributed by atoms with Crippen LogP contribution in [0.4, 0.5) is 0 Å². The first-order chi connectivity index (χ1) is 38.6. The number of hydrogen-bond acceptors (Lipinski definition) is 13. The molecule has 2 rings (SSSR count). The van der Waals surface area contributed by atoms with Crippen LogP contribution in [-0.4, -0.2) is 140 Å². The highest BCUT2D eigenvalue weighted by atomic mass is 16.7. The second-order valence-electron chi connectivity index (χ2n) is 23.2. The molecule has 79 heavy (non-hydrogen) atoms. The molecule has 0 aromatic rings. The molecule has 0 spiro atoms. The molecule has 2 fully saturated rings. The van der Waals surface area contributed by atoms with Gasteiger partial charge in [0.2, 0.25) is 5.91 Å². The van der Waals surface area contributed by atoms with Crippen molar-refractivity contribution >= 4 is 5.91 Å². The zero-order chi connectivity index (χ0) is 57.4. The van der Waals surface area contributed by atoms with Crippen LogP contribution in [-0.2, 0) is 23.7 Å². The van der Waals surface area contributed by atoms with Crippen molar-refractivity contribution in [2.75, 3.05) is 19.8 Å². The smallest absolute Gasteiger partial charge is 0.220 e. The summed E-state index contributed by atoms with van der Waals surface area (Å²) in [6.07, 6.45) is 47.0. The van der Waals surface area contributed by atoms with Crippen LogP contribution >= 0.6 is 0 Å². The fourth-order valence-electron chi connectivity index (χ4n) is 10.8. The highest BCUT2D eigenvalue weighted by Crippen LogP contribution is 2.30. The largest absolute Gasteiger partial charge is 0.394 e. The molecule has 0 radical (unpaired) electrons. The Balaban J connectivity index is 1.52. The minimum atomic E-state index is -1.79. The first kappa shape index (κ1) is 73.3. The molecule has 1 amide bonds. The van der Waals surface area contributed by atoms with Crippen LogP contribution in [0.1, 0.15) is 277 Å². The number of hydrogen-bond donors (Lipinski definition) is 9. The van der Waals surface area contributed by atoms with Crippen LogP contribution in [0.2, 0.25) is 0 Å². The van der Waals surface area contributed by atoms with Crippen LogP contribution in [0.5, 0.6) is 0 Å². The Labute approximate surface area is 481 Å². The van der Waals surface area contributed by atoms with Gasteiger partial charge < -0.3 is 65.1 Å². The van der Waals surface area contributed by atoms with Gasteiger partial charge in [-0.25, -0.2) is 0 Å². The maximum Gasteiger partial charge on any atom is 0.220 e. The number of nitrogens with one attached hydrogen (secondary N) is 1. The number of rotatable bonds is 53. The molecule has 0 aromatic carbocycles. The van der Waals surface area contributed by atoms with E-state index in [2.05, 4.69) is 43.5 Å². The monoisotopic (exact) mass is 1120 g/mol. The Kier molecular flexibility index (Phi) is 47.0. The average Bonchev–Trinajstić information content (AvgIpc) is 3.54. The topological polar surface area (TPSA) is 228 Å². The maximum absolute atomic E-state index is 13.2. The van der Waals surface area contributed by atoms with Gasteiger partial charge in [-0.15, -0.1) is 0 Å². The van der Waals surface area contributed by atoms with Gasteiger partial charge in [-0.3, -0.25) is 4.79 Å². The van der Waals surface area contributed by atoms with Gasteiger partial charge in [0.1, 0.15) is 48.8 Å². The second kappa shape index (κ2) is 50.7. The standard InChI is InChI=1S/C65H121NO13/c1-3-5-7-9-11-13-14-15-16-17-18-19-20-21-22-23-24-25-26-27-28-29-30-31-32-33-34-35-36-37-38-39-40-41-43-45-47-49-57(70)66-53(54(69)48-46-44-42-12-10-8-6-4-2)52-76-64-62(75)60(73)63(56(51-68)78-64)79-65-61(74)59(72)58(71)55(50-67)77-65/h10,12,17-18,46,48,53-56,58-65,67-69,71-75H,3-9,11,13-16,19-45,47,49-52H2,1-2H3,(H,66,70)/b12-10+,18-17-,48-46+. The summed E-state index contributed by atoms with van der Waals surface area (Å²) in [4.78, 5) is 13.2. The van der Waals surface area contributed by atoms with Crippen LogP contribution in [0, 0.1) is 0 Å². The number of carbonyl (C=O) groups is 1. The van der Waals surface area contributed by atoms with Gasteiger partial charge in [0.15, 0.2) is 12.6 Å². The van der Waals surface area contributed by atoms with Gasteiger partial charge in [-0.05, 0) is 51.4 Å². The molecule has 2 saturated heterocycles. The molecule has 464 valence electrons. The molecule has 2 heterocycles. The van der Waals surface area contributed by atoms with Crippen molar-refractivity contribution in [3.8, 4) is 0 Å². The summed E-state index contributed by atoms with van der Waals surface area (Å²) in [7, 11) is 0. The van der Waals surface area contributed by atoms with Crippen LogP contribution in [0.25, 0.3) is 0 Å². The lowest BCUT2D eigenvalue weighted by atomic mass is 9.97. The summed E-state index contributed by atoms with van der Waals surface area (Å²) in [5.74, 6) is -0.249. The molecule has 12 unspecified atom stereocenters. The molecule has 14 heteroatoms. The number of amides is 1. The molecule has 14 nitrogen and oxygen atoms in total. The molecule has 2 aliphatic heterocycles. The van der Waals surface area contributed by atoms with Crippen LogP contribution in [0.15, 0.2) is 36.5 Å². The highest BCUT2D eigenvalue weighted by molar-refractivity contribution is 5.76. The summed E-state index contributed by atoms with van der Waals surface area (Å²) in [6, 6.07) is -0.927. The van der Waals surface area contributed by atoms with Gasteiger partial charge >= 0.3 is 0 Å². The normalized spacial score (nSPS) is 24.6. The fraction of sp³-hybridized carbons (Fsp3) is 0.892. The Morgan fingerprint density at radius 2 is 0.823 bits per heavy atom. The molecule has 0 saturated carbocycles. The van der Waals surface area contributed by atoms with E-state index >= 15 is 0 Å². The van der Waals surface area contributed by atoms with E-state index in [1.807, 2.05) is 6.08 Å². The summed E-state index contributed by atoms with van der Waals surface area (Å²) in [5, 5.41) is 86.7. The van der Waals surface area contributed by atoms with Crippen molar-refractivity contribution < 1.29 is 64.6 Å². The van der Waals surface area contributed by atoms with Crippen LogP contribution in [0.3, 0.4) is 0 Å². The van der Waals surface area contributed by atoms with E-state index in [9.17, 15) is 45.6 Å². The molecular formula is C65H121NO13. The van der Waals surface area contributed by atoms with Gasteiger partial charge in [-0.2, -0.15) is 0 Å². The van der Waals surface area contributed by atoms with Gasteiger partial charge in [0.05, 0.1) is 32.0 Å². The van der Waals surface area contributed by atoms with Crippen molar-refractivity contribution in [1.82, 2.24) is 5.32 Å². The van der Waals surface area contributed by atoms with E-state index in [-0.39, 0.29) is 18.9 Å². The molecule has 12 atom stereocenters. The number of aliphatic hydroxyl groups is 8. The van der Waals surface area contributed by atoms with Crippen LogP contribution < -0.4 is 5.32 Å². The van der Waals surface area contributed by atoms with Crippen molar-refractivity contribution in [2.24, 2.45) is 0 Å². The maximum atomic E-state index is 13.2. The van der Waals surface area contributed by atoms with E-state index in [4.69, 9.17) is 18.9 Å². The summed E-state index contributed by atoms with van der Waals surface area (Å²) < 4.78 is 22.7. The Morgan fingerprint density at radius 1 is 0.443 bits per heavy atom. The number of allylic oxidation sites excluding steroid dienone is 5. The van der Waals surface area contributed by atoms with Crippen molar-refractivity contribution in [3.63, 3.8) is 0 Å². The zero-order valence-electron chi connectivity index (χ0n) is 50.1. The fourth-order valence-corrected chi connectivity index (χ4v) is 10.8. The average molecular weight is 1120 g/mol. The van der Waals surface area contributed by atoms with E-state index in [0.717, 1.165) is 44.9 Å². The molecule has 2 aliphatic rings. The summed E-state index contributed by atoms with van der Waals surface area (Å²) in [5.41, 5.74) is 0. The quantitative estimate of drug-likeness (QED) is 0.0204. The van der Waals surface area contributed by atoms with Crippen molar-refractivity contribution in [1.29, 1.82) is 0 Å². The van der Waals surface area contributed by atoms with E-state index in [1.54, 1.807) is 6.08 Å². The van der Waals surface area contributed by atoms with Gasteiger partial charge in [0.25, 0.3) is 0 Å². The lowest BCUT2D eigenvalue weighted by molar-refractivity contribution is -0.359. The Morgan fingerprint density at radius 3 is 1.28 bits per heavy atom. The molecule has 0 aromatic heterocycles. The third-order valence-electron chi connectivity index (χ3n) is 16.0. The highest BCUT2D eigenvalue weighted by Gasteiger charge is 2.51. The van der Waals surface area contributed by atoms with E-state index in [1.165, 1.54) is 199 Å². The predicted octanol–water partition coefficient (Wildman–Crippen LogP) is 12.2. The summed E-state index contributed by atoms with van der Waals surface area (Å²) in [6.45, 7) is 2.71. The molecule has 9 N–H and O–H groups in total. The van der Waals surface area contributed by atoms with Gasteiger partial charge in [-0.1, -0.05) is 256 Å². The number of ether oxygens (including phenoxy) is 4. The van der Waals surface area contributed by atoms with E-state index < -0.39 is 86.8 Å². The van der Waals surface area contributed by atoms with E-state index in [0.29, 0.717) is 12.8 Å². The minimum absolute atomic E-state index is 0.249. The predicted molar refractivity (Wildman–Crippen MR) is 318 cm³/mol. The molecular weight excluding hydrogens is 1000 g/mol. The lowest BCUT2D eigenvalue weighted by Crippen LogP contribution is -2.65. The SMILES string of the molecule is CCCC/C=C/CC/C=C/C(O)C(COC1OC(CO)C(OC2OC(CO)C(O)C(O)C2O)C(O)C1O)NC(=O)CCCCCCCCCCCCCCCCCCCCCCCCCCC/C=C\CCCCCCCCCC. The summed E-state index contributed by atoms with van der Waals surface area (Å²) >= 11 is 0. The number of aliphatic hydroxyl groups excluding tert-OH is 8. The number of carbonyl (C=O) groups excluding carboxylic acids is 1. The van der Waals surface area contributed by atoms with Crippen molar-refractivity contribution in [3.05, 3.63) is 36.5 Å².